The van der Waals surface area contributed by atoms with Gasteiger partial charge >= 0.3 is 0 Å². The van der Waals surface area contributed by atoms with E-state index in [0.717, 1.165) is 22.4 Å². The molecule has 0 N–H and O–H groups in total. The molecule has 0 saturated carbocycles. The van der Waals surface area contributed by atoms with Crippen LogP contribution in [0.2, 0.25) is 0 Å². The number of amides is 1. The third-order valence-electron chi connectivity index (χ3n) is 4.20. The van der Waals surface area contributed by atoms with Gasteiger partial charge in [-0.1, -0.05) is 29.5 Å². The summed E-state index contributed by atoms with van der Waals surface area (Å²) in [6, 6.07) is 4.01. The summed E-state index contributed by atoms with van der Waals surface area (Å²) < 4.78 is 24.1. The third-order valence-corrected chi connectivity index (χ3v) is 7.41. The van der Waals surface area contributed by atoms with Crippen LogP contribution in [0.5, 0.6) is 0 Å². The predicted molar refractivity (Wildman–Crippen MR) is 95.1 cm³/mol. The summed E-state index contributed by atoms with van der Waals surface area (Å²) in [7, 11) is -3.03. The second kappa shape index (κ2) is 5.63. The number of sulfone groups is 1. The summed E-state index contributed by atoms with van der Waals surface area (Å²) in [5.41, 5.74) is 4.29. The number of hydrogen-bond acceptors (Lipinski definition) is 4. The van der Waals surface area contributed by atoms with Gasteiger partial charge in [-0.25, -0.2) is 8.42 Å². The van der Waals surface area contributed by atoms with Crippen LogP contribution in [0.25, 0.3) is 0 Å². The average molecular weight is 352 g/mol. The van der Waals surface area contributed by atoms with E-state index in [2.05, 4.69) is 17.1 Å². The minimum Gasteiger partial charge on any atom is -0.315 e. The number of benzene rings is 1. The first-order valence-corrected chi connectivity index (χ1v) is 10.2. The number of thioether (sulfide) groups is 1. The van der Waals surface area contributed by atoms with Crippen LogP contribution in [-0.2, 0) is 14.6 Å². The lowest BCUT2D eigenvalue weighted by atomic mass is 10.0. The van der Waals surface area contributed by atoms with Gasteiger partial charge in [0.1, 0.15) is 0 Å². The molecule has 3 rings (SSSR count). The largest absolute Gasteiger partial charge is 0.315 e. The first kappa shape index (κ1) is 16.5. The SMILES string of the molecule is CC(=O)N=C1S[C@H]2CS(=O)(=O)C[C@H]2N1c1c(C)cc(C)cc1C. The van der Waals surface area contributed by atoms with Gasteiger partial charge in [-0.3, -0.25) is 4.79 Å². The first-order valence-electron chi connectivity index (χ1n) is 7.51. The quantitative estimate of drug-likeness (QED) is 0.775. The van der Waals surface area contributed by atoms with Crippen LogP contribution in [0, 0.1) is 20.8 Å². The smallest absolute Gasteiger partial charge is 0.244 e. The van der Waals surface area contributed by atoms with E-state index in [1.165, 1.54) is 18.7 Å². The summed E-state index contributed by atoms with van der Waals surface area (Å²) in [5, 5.41) is 0.565. The van der Waals surface area contributed by atoms with Crippen molar-refractivity contribution in [2.75, 3.05) is 16.4 Å². The molecule has 1 aromatic rings. The summed E-state index contributed by atoms with van der Waals surface area (Å²) >= 11 is 1.41. The Bertz CT molecular complexity index is 792. The van der Waals surface area contributed by atoms with Crippen molar-refractivity contribution >= 4 is 38.4 Å². The van der Waals surface area contributed by atoms with Crippen molar-refractivity contribution in [3.05, 3.63) is 28.8 Å². The zero-order valence-corrected chi connectivity index (χ0v) is 15.3. The molecule has 2 aliphatic heterocycles. The van der Waals surface area contributed by atoms with E-state index in [9.17, 15) is 13.2 Å². The molecule has 1 aromatic carbocycles. The Morgan fingerprint density at radius 1 is 1.22 bits per heavy atom. The maximum atomic E-state index is 12.0. The topological polar surface area (TPSA) is 66.8 Å². The molecular formula is C16H20N2O3S2. The Kier molecular flexibility index (Phi) is 4.04. The molecule has 5 nitrogen and oxygen atoms in total. The van der Waals surface area contributed by atoms with Crippen molar-refractivity contribution in [3.63, 3.8) is 0 Å². The highest BCUT2D eigenvalue weighted by molar-refractivity contribution is 8.16. The molecule has 124 valence electrons. The van der Waals surface area contributed by atoms with Crippen LogP contribution in [0.3, 0.4) is 0 Å². The highest BCUT2D eigenvalue weighted by atomic mass is 32.2. The Morgan fingerprint density at radius 3 is 2.39 bits per heavy atom. The van der Waals surface area contributed by atoms with Crippen LogP contribution in [0.4, 0.5) is 5.69 Å². The Balaban J connectivity index is 2.14. The standard InChI is InChI=1S/C16H20N2O3S2/c1-9-5-10(2)15(11(3)6-9)18-13-7-23(20,21)8-14(13)22-16(18)17-12(4)19/h5-6,13-14H,7-8H2,1-4H3/t13-,14+/m1/s1. The molecule has 2 atom stereocenters. The molecule has 2 fully saturated rings. The van der Waals surface area contributed by atoms with E-state index in [1.54, 1.807) is 0 Å². The molecular weight excluding hydrogens is 332 g/mol. The average Bonchev–Trinajstić information content (AvgIpc) is 2.81. The van der Waals surface area contributed by atoms with Crippen LogP contribution in [0.15, 0.2) is 17.1 Å². The van der Waals surface area contributed by atoms with E-state index in [0.29, 0.717) is 5.17 Å². The van der Waals surface area contributed by atoms with Gasteiger partial charge in [0.05, 0.1) is 17.5 Å². The van der Waals surface area contributed by atoms with Crippen molar-refractivity contribution in [1.29, 1.82) is 0 Å². The number of anilines is 1. The van der Waals surface area contributed by atoms with Crippen LogP contribution in [0.1, 0.15) is 23.6 Å². The zero-order chi connectivity index (χ0) is 16.9. The minimum atomic E-state index is -3.03. The van der Waals surface area contributed by atoms with Crippen LogP contribution < -0.4 is 4.90 Å². The monoisotopic (exact) mass is 352 g/mol. The normalized spacial score (nSPS) is 27.5. The lowest BCUT2D eigenvalue weighted by Gasteiger charge is -2.28. The number of aryl methyl sites for hydroxylation is 3. The molecule has 7 heteroatoms. The van der Waals surface area contributed by atoms with E-state index in [4.69, 9.17) is 0 Å². The Hall–Kier alpha value is -1.34. The Labute approximate surface area is 141 Å². The van der Waals surface area contributed by atoms with E-state index >= 15 is 0 Å². The molecule has 0 spiro atoms. The van der Waals surface area contributed by atoms with Gasteiger partial charge in [-0.2, -0.15) is 4.99 Å². The van der Waals surface area contributed by atoms with Gasteiger partial charge in [-0.05, 0) is 31.9 Å². The molecule has 0 unspecified atom stereocenters. The fraction of sp³-hybridized carbons (Fsp3) is 0.500. The summed E-state index contributed by atoms with van der Waals surface area (Å²) in [5.74, 6) is 0.0105. The van der Waals surface area contributed by atoms with Gasteiger partial charge in [-0.15, -0.1) is 0 Å². The van der Waals surface area contributed by atoms with E-state index < -0.39 is 9.84 Å². The minimum absolute atomic E-state index is 0.0572. The third kappa shape index (κ3) is 3.04. The molecule has 2 saturated heterocycles. The Morgan fingerprint density at radius 2 is 1.83 bits per heavy atom. The molecule has 0 aromatic heterocycles. The zero-order valence-electron chi connectivity index (χ0n) is 13.7. The molecule has 2 aliphatic rings. The van der Waals surface area contributed by atoms with Gasteiger partial charge in [0.25, 0.3) is 0 Å². The molecule has 0 aliphatic carbocycles. The molecule has 2 heterocycles. The van der Waals surface area contributed by atoms with Crippen molar-refractivity contribution < 1.29 is 13.2 Å². The van der Waals surface area contributed by atoms with Gasteiger partial charge < -0.3 is 4.90 Å². The molecule has 0 radical (unpaired) electrons. The lowest BCUT2D eigenvalue weighted by molar-refractivity contribution is -0.115. The number of carbonyl (C=O) groups excluding carboxylic acids is 1. The van der Waals surface area contributed by atoms with Crippen LogP contribution in [-0.4, -0.2) is 42.3 Å². The van der Waals surface area contributed by atoms with Crippen molar-refractivity contribution in [2.45, 2.75) is 39.0 Å². The van der Waals surface area contributed by atoms with Gasteiger partial charge in [0.15, 0.2) is 15.0 Å². The number of hydrogen-bond donors (Lipinski definition) is 0. The molecule has 0 bridgehead atoms. The highest BCUT2D eigenvalue weighted by Gasteiger charge is 2.49. The molecule has 1 amide bonds. The van der Waals surface area contributed by atoms with Crippen molar-refractivity contribution in [3.8, 4) is 0 Å². The molecule has 23 heavy (non-hydrogen) atoms. The van der Waals surface area contributed by atoms with Gasteiger partial charge in [0, 0.05) is 17.9 Å². The maximum Gasteiger partial charge on any atom is 0.244 e. The summed E-state index contributed by atoms with van der Waals surface area (Å²) in [6.07, 6.45) is 0. The summed E-state index contributed by atoms with van der Waals surface area (Å²) in [4.78, 5) is 17.6. The fourth-order valence-electron chi connectivity index (χ4n) is 3.51. The number of nitrogens with zero attached hydrogens (tertiary/aromatic N) is 2. The number of amidine groups is 1. The fourth-order valence-corrected chi connectivity index (χ4v) is 7.46. The maximum absolute atomic E-state index is 12.0. The number of carbonyl (C=O) groups is 1. The number of aliphatic imine (C=N–C) groups is 1. The van der Waals surface area contributed by atoms with E-state index in [-0.39, 0.29) is 28.7 Å². The highest BCUT2D eigenvalue weighted by Crippen LogP contribution is 2.43. The second-order valence-electron chi connectivity index (χ2n) is 6.33. The van der Waals surface area contributed by atoms with Crippen LogP contribution >= 0.6 is 11.8 Å². The number of rotatable bonds is 1. The van der Waals surface area contributed by atoms with E-state index in [1.807, 2.05) is 25.7 Å². The lowest BCUT2D eigenvalue weighted by Crippen LogP contribution is -2.38. The number of fused-ring (bicyclic) bond motifs is 1. The van der Waals surface area contributed by atoms with Crippen molar-refractivity contribution in [1.82, 2.24) is 0 Å². The van der Waals surface area contributed by atoms with Crippen molar-refractivity contribution in [2.24, 2.45) is 4.99 Å². The predicted octanol–water partition coefficient (Wildman–Crippen LogP) is 2.23. The van der Waals surface area contributed by atoms with Gasteiger partial charge in [0.2, 0.25) is 5.91 Å². The first-order chi connectivity index (χ1) is 10.7. The summed E-state index contributed by atoms with van der Waals surface area (Å²) in [6.45, 7) is 7.49. The second-order valence-corrected chi connectivity index (χ2v) is 9.69.